The number of carbonyl (C=O) groups excluding carboxylic acids is 1. The Kier molecular flexibility index (Phi) is 5.13. The number of rotatable bonds is 4. The van der Waals surface area contributed by atoms with Gasteiger partial charge in [0.1, 0.15) is 23.1 Å². The van der Waals surface area contributed by atoms with E-state index in [1.54, 1.807) is 36.4 Å². The van der Waals surface area contributed by atoms with Crippen molar-refractivity contribution in [2.45, 2.75) is 11.0 Å². The summed E-state index contributed by atoms with van der Waals surface area (Å²) >= 11 is 0. The summed E-state index contributed by atoms with van der Waals surface area (Å²) in [5.74, 6) is -2.61. The molecule has 3 aromatic rings. The van der Waals surface area contributed by atoms with Gasteiger partial charge in [-0.2, -0.15) is 0 Å². The summed E-state index contributed by atoms with van der Waals surface area (Å²) in [6, 6.07) is 17.3. The van der Waals surface area contributed by atoms with Crippen LogP contribution in [0, 0.1) is 11.6 Å². The Hall–Kier alpha value is -3.46. The lowest BCUT2D eigenvalue weighted by molar-refractivity contribution is -0.122. The standard InChI is InChI=1S/C21H16F2N2O4S/c22-15-9-6-10-16(23)20(15)24-21(26)19-13-25(17-11-4-5-12-18(17)29-19)30(27,28)14-7-2-1-3-8-14/h1-12,19H,13H2,(H,24,26). The lowest BCUT2D eigenvalue weighted by atomic mass is 10.2. The van der Waals surface area contributed by atoms with E-state index in [-0.39, 0.29) is 22.9 Å². The van der Waals surface area contributed by atoms with Crippen LogP contribution in [0.3, 0.4) is 0 Å². The first-order chi connectivity index (χ1) is 14.4. The second-order valence-corrected chi connectivity index (χ2v) is 8.37. The van der Waals surface area contributed by atoms with Gasteiger partial charge in [0.2, 0.25) is 0 Å². The SMILES string of the molecule is O=C(Nc1c(F)cccc1F)C1CN(S(=O)(=O)c2ccccc2)c2ccccc2O1. The van der Waals surface area contributed by atoms with E-state index in [2.05, 4.69) is 5.32 Å². The molecule has 1 aliphatic rings. The highest BCUT2D eigenvalue weighted by atomic mass is 32.2. The topological polar surface area (TPSA) is 75.7 Å². The number of fused-ring (bicyclic) bond motifs is 1. The van der Waals surface area contributed by atoms with Gasteiger partial charge in [0.25, 0.3) is 15.9 Å². The highest BCUT2D eigenvalue weighted by Gasteiger charge is 2.37. The maximum absolute atomic E-state index is 13.9. The van der Waals surface area contributed by atoms with Crippen molar-refractivity contribution in [1.29, 1.82) is 0 Å². The van der Waals surface area contributed by atoms with Crippen LogP contribution in [-0.4, -0.2) is 27.0 Å². The molecule has 1 unspecified atom stereocenters. The molecule has 1 N–H and O–H groups in total. The molecule has 1 aliphatic heterocycles. The maximum atomic E-state index is 13.9. The average molecular weight is 430 g/mol. The first kappa shape index (κ1) is 19.8. The second kappa shape index (κ2) is 7.75. The summed E-state index contributed by atoms with van der Waals surface area (Å²) < 4.78 is 60.9. The van der Waals surface area contributed by atoms with Crippen LogP contribution >= 0.6 is 0 Å². The number of hydrogen-bond donors (Lipinski definition) is 1. The third-order valence-electron chi connectivity index (χ3n) is 4.57. The van der Waals surface area contributed by atoms with Crippen molar-refractivity contribution in [2.75, 3.05) is 16.2 Å². The van der Waals surface area contributed by atoms with E-state index in [1.165, 1.54) is 24.3 Å². The fourth-order valence-corrected chi connectivity index (χ4v) is 4.60. The summed E-state index contributed by atoms with van der Waals surface area (Å²) in [5.41, 5.74) is -0.357. The van der Waals surface area contributed by atoms with Crippen LogP contribution in [0.2, 0.25) is 0 Å². The molecule has 1 amide bonds. The van der Waals surface area contributed by atoms with Crippen LogP contribution in [0.1, 0.15) is 0 Å². The number of sulfonamides is 1. The predicted octanol–water partition coefficient (Wildman–Crippen LogP) is 3.56. The van der Waals surface area contributed by atoms with E-state index in [9.17, 15) is 22.0 Å². The van der Waals surface area contributed by atoms with Gasteiger partial charge in [-0.3, -0.25) is 9.10 Å². The minimum Gasteiger partial charge on any atom is -0.476 e. The molecule has 0 aliphatic carbocycles. The van der Waals surface area contributed by atoms with Crippen molar-refractivity contribution in [3.05, 3.63) is 84.4 Å². The quantitative estimate of drug-likeness (QED) is 0.687. The Labute approximate surface area is 171 Å². The normalized spacial score (nSPS) is 15.8. The molecule has 30 heavy (non-hydrogen) atoms. The second-order valence-electron chi connectivity index (χ2n) is 6.51. The summed E-state index contributed by atoms with van der Waals surface area (Å²) in [5, 5.41) is 2.16. The van der Waals surface area contributed by atoms with Crippen molar-refractivity contribution in [3.63, 3.8) is 0 Å². The fraction of sp³-hybridized carbons (Fsp3) is 0.0952. The molecule has 1 heterocycles. The number of para-hydroxylation sites is 3. The van der Waals surface area contributed by atoms with Crippen LogP contribution in [0.15, 0.2) is 77.7 Å². The molecule has 1 atom stereocenters. The fourth-order valence-electron chi connectivity index (χ4n) is 3.11. The van der Waals surface area contributed by atoms with E-state index in [1.807, 2.05) is 0 Å². The minimum atomic E-state index is -4.01. The molecule has 6 nitrogen and oxygen atoms in total. The van der Waals surface area contributed by atoms with Gasteiger partial charge in [0.05, 0.1) is 17.1 Å². The van der Waals surface area contributed by atoms with Crippen LogP contribution in [0.5, 0.6) is 5.75 Å². The zero-order valence-electron chi connectivity index (χ0n) is 15.5. The van der Waals surface area contributed by atoms with Crippen molar-refractivity contribution < 1.29 is 26.7 Å². The summed E-state index contributed by atoms with van der Waals surface area (Å²) in [7, 11) is -4.01. The van der Waals surface area contributed by atoms with Crippen molar-refractivity contribution in [2.24, 2.45) is 0 Å². The van der Waals surface area contributed by atoms with Gasteiger partial charge in [-0.15, -0.1) is 0 Å². The van der Waals surface area contributed by atoms with E-state index < -0.39 is 39.4 Å². The molecule has 0 aromatic heterocycles. The maximum Gasteiger partial charge on any atom is 0.267 e. The summed E-state index contributed by atoms with van der Waals surface area (Å²) in [6.07, 6.45) is -1.32. The van der Waals surface area contributed by atoms with Gasteiger partial charge in [0, 0.05) is 0 Å². The molecular formula is C21H16F2N2O4S. The predicted molar refractivity (Wildman–Crippen MR) is 107 cm³/mol. The zero-order chi connectivity index (χ0) is 21.3. The Morgan fingerprint density at radius 1 is 0.933 bits per heavy atom. The summed E-state index contributed by atoms with van der Waals surface area (Å²) in [6.45, 7) is -0.365. The molecule has 0 fully saturated rings. The van der Waals surface area contributed by atoms with E-state index in [4.69, 9.17) is 4.74 Å². The number of nitrogens with zero attached hydrogens (tertiary/aromatic N) is 1. The lowest BCUT2D eigenvalue weighted by Gasteiger charge is -2.34. The van der Waals surface area contributed by atoms with E-state index >= 15 is 0 Å². The van der Waals surface area contributed by atoms with Gasteiger partial charge >= 0.3 is 0 Å². The monoisotopic (exact) mass is 430 g/mol. The average Bonchev–Trinajstić information content (AvgIpc) is 2.76. The smallest absolute Gasteiger partial charge is 0.267 e. The lowest BCUT2D eigenvalue weighted by Crippen LogP contribution is -2.49. The molecule has 4 rings (SSSR count). The van der Waals surface area contributed by atoms with E-state index in [0.717, 1.165) is 16.4 Å². The molecule has 0 saturated heterocycles. The molecular weight excluding hydrogens is 414 g/mol. The van der Waals surface area contributed by atoms with Gasteiger partial charge in [-0.25, -0.2) is 17.2 Å². The third kappa shape index (κ3) is 3.59. The largest absolute Gasteiger partial charge is 0.476 e. The van der Waals surface area contributed by atoms with Crippen molar-refractivity contribution in [3.8, 4) is 5.75 Å². The van der Waals surface area contributed by atoms with Gasteiger partial charge in [-0.05, 0) is 36.4 Å². The third-order valence-corrected chi connectivity index (χ3v) is 6.36. The number of halogens is 2. The van der Waals surface area contributed by atoms with Gasteiger partial charge in [-0.1, -0.05) is 36.4 Å². The van der Waals surface area contributed by atoms with Crippen LogP contribution in [-0.2, 0) is 14.8 Å². The Morgan fingerprint density at radius 3 is 2.27 bits per heavy atom. The first-order valence-corrected chi connectivity index (χ1v) is 10.4. The minimum absolute atomic E-state index is 0.0426. The van der Waals surface area contributed by atoms with Crippen molar-refractivity contribution in [1.82, 2.24) is 0 Å². The number of nitrogens with one attached hydrogen (secondary N) is 1. The van der Waals surface area contributed by atoms with E-state index in [0.29, 0.717) is 0 Å². The zero-order valence-corrected chi connectivity index (χ0v) is 16.3. The first-order valence-electron chi connectivity index (χ1n) is 8.96. The Morgan fingerprint density at radius 2 is 1.57 bits per heavy atom. The molecule has 0 bridgehead atoms. The molecule has 0 spiro atoms. The highest BCUT2D eigenvalue weighted by Crippen LogP contribution is 2.37. The molecule has 3 aromatic carbocycles. The van der Waals surface area contributed by atoms with Crippen LogP contribution in [0.4, 0.5) is 20.2 Å². The number of hydrogen-bond acceptors (Lipinski definition) is 4. The number of ether oxygens (including phenoxy) is 1. The molecule has 0 radical (unpaired) electrons. The Bertz CT molecular complexity index is 1180. The summed E-state index contributed by atoms with van der Waals surface area (Å²) in [4.78, 5) is 12.7. The number of amides is 1. The number of benzene rings is 3. The Balaban J connectivity index is 1.69. The van der Waals surface area contributed by atoms with Crippen LogP contribution in [0.25, 0.3) is 0 Å². The highest BCUT2D eigenvalue weighted by molar-refractivity contribution is 7.92. The molecule has 0 saturated carbocycles. The van der Waals surface area contributed by atoms with Gasteiger partial charge in [0.15, 0.2) is 6.10 Å². The van der Waals surface area contributed by atoms with Crippen LogP contribution < -0.4 is 14.4 Å². The van der Waals surface area contributed by atoms with Gasteiger partial charge < -0.3 is 10.1 Å². The number of carbonyl (C=O) groups is 1. The number of anilines is 2. The molecule has 154 valence electrons. The molecule has 9 heteroatoms. The van der Waals surface area contributed by atoms with Crippen molar-refractivity contribution >= 4 is 27.3 Å².